The number of methoxy groups -OCH3 is 1. The summed E-state index contributed by atoms with van der Waals surface area (Å²) in [4.78, 5) is 19.7. The number of amides is 1. The number of aromatic nitrogens is 3. The predicted molar refractivity (Wildman–Crippen MR) is 113 cm³/mol. The van der Waals surface area contributed by atoms with Crippen molar-refractivity contribution in [3.63, 3.8) is 0 Å². The van der Waals surface area contributed by atoms with E-state index < -0.39 is 0 Å². The molecule has 0 bridgehead atoms. The van der Waals surface area contributed by atoms with Crippen LogP contribution in [0.25, 0.3) is 0 Å². The highest BCUT2D eigenvalue weighted by Gasteiger charge is 2.47. The Hall–Kier alpha value is -2.41. The number of nitrogens with zero attached hydrogens (tertiary/aromatic N) is 4. The Morgan fingerprint density at radius 1 is 1.23 bits per heavy atom. The molecule has 30 heavy (non-hydrogen) atoms. The number of aryl methyl sites for hydroxylation is 2. The summed E-state index contributed by atoms with van der Waals surface area (Å²) in [6.45, 7) is 7.29. The van der Waals surface area contributed by atoms with E-state index in [1.807, 2.05) is 33.8 Å². The SMILES string of the molecule is CCn1nc(CCC(C)C)nc1[C@H]1OCC(=O)N(C2CC2)[C@@H]1c1ccc(OC)cc1. The van der Waals surface area contributed by atoms with Crippen molar-refractivity contribution in [1.82, 2.24) is 19.7 Å². The molecular weight excluding hydrogens is 380 g/mol. The van der Waals surface area contributed by atoms with Crippen LogP contribution in [0.5, 0.6) is 5.75 Å². The second-order valence-corrected chi connectivity index (χ2v) is 8.62. The summed E-state index contributed by atoms with van der Waals surface area (Å²) in [6.07, 6.45) is 3.66. The fourth-order valence-corrected chi connectivity index (χ4v) is 4.13. The Labute approximate surface area is 178 Å². The zero-order valence-corrected chi connectivity index (χ0v) is 18.4. The van der Waals surface area contributed by atoms with E-state index in [9.17, 15) is 4.79 Å². The average molecular weight is 413 g/mol. The summed E-state index contributed by atoms with van der Waals surface area (Å²) in [5, 5.41) is 4.74. The van der Waals surface area contributed by atoms with Crippen molar-refractivity contribution in [2.45, 2.75) is 71.2 Å². The van der Waals surface area contributed by atoms with E-state index in [0.717, 1.165) is 55.2 Å². The van der Waals surface area contributed by atoms with Gasteiger partial charge in [-0.05, 0) is 49.8 Å². The monoisotopic (exact) mass is 412 g/mol. The van der Waals surface area contributed by atoms with E-state index in [-0.39, 0.29) is 30.7 Å². The number of carbonyl (C=O) groups is 1. The van der Waals surface area contributed by atoms with E-state index in [1.54, 1.807) is 7.11 Å². The van der Waals surface area contributed by atoms with Crippen LogP contribution in [0, 0.1) is 5.92 Å². The maximum Gasteiger partial charge on any atom is 0.249 e. The first-order valence-electron chi connectivity index (χ1n) is 11.0. The predicted octanol–water partition coefficient (Wildman–Crippen LogP) is 3.70. The molecule has 7 heteroatoms. The third-order valence-corrected chi connectivity index (χ3v) is 5.90. The third-order valence-electron chi connectivity index (χ3n) is 5.90. The molecule has 1 amide bonds. The molecule has 1 aliphatic heterocycles. The van der Waals surface area contributed by atoms with E-state index in [2.05, 4.69) is 20.8 Å². The maximum atomic E-state index is 12.8. The van der Waals surface area contributed by atoms with Gasteiger partial charge in [0.1, 0.15) is 18.5 Å². The summed E-state index contributed by atoms with van der Waals surface area (Å²) < 4.78 is 13.4. The number of benzene rings is 1. The van der Waals surface area contributed by atoms with Crippen LogP contribution in [0.4, 0.5) is 0 Å². The lowest BCUT2D eigenvalue weighted by molar-refractivity contribution is -0.160. The molecule has 2 aliphatic rings. The lowest BCUT2D eigenvalue weighted by Crippen LogP contribution is -2.47. The summed E-state index contributed by atoms with van der Waals surface area (Å²) in [5.41, 5.74) is 1.04. The van der Waals surface area contributed by atoms with Crippen LogP contribution in [-0.2, 0) is 22.5 Å². The first kappa shape index (κ1) is 20.8. The minimum absolute atomic E-state index is 0.0529. The molecule has 2 atom stereocenters. The minimum atomic E-state index is -0.336. The standard InChI is InChI=1S/C23H32N4O3/c1-5-26-23(24-19(25-26)13-6-15(2)3)22-21(16-7-11-18(29-4)12-8-16)27(17-9-10-17)20(28)14-30-22/h7-8,11-12,15,17,21-22H,5-6,9-10,13-14H2,1-4H3/t21-,22+/m1/s1. The fourth-order valence-electron chi connectivity index (χ4n) is 4.13. The Balaban J connectivity index is 1.71. The molecule has 1 saturated heterocycles. The van der Waals surface area contributed by atoms with E-state index >= 15 is 0 Å². The number of rotatable bonds is 8. The summed E-state index contributed by atoms with van der Waals surface area (Å²) in [5.74, 6) is 3.12. The van der Waals surface area contributed by atoms with Crippen molar-refractivity contribution in [2.24, 2.45) is 5.92 Å². The summed E-state index contributed by atoms with van der Waals surface area (Å²) in [6, 6.07) is 8.01. The molecule has 1 aliphatic carbocycles. The van der Waals surface area contributed by atoms with Gasteiger partial charge in [-0.1, -0.05) is 26.0 Å². The zero-order chi connectivity index (χ0) is 21.3. The molecule has 0 unspecified atom stereocenters. The van der Waals surface area contributed by atoms with Gasteiger partial charge < -0.3 is 14.4 Å². The highest BCUT2D eigenvalue weighted by molar-refractivity contribution is 5.79. The molecular formula is C23H32N4O3. The van der Waals surface area contributed by atoms with Crippen LogP contribution >= 0.6 is 0 Å². The second-order valence-electron chi connectivity index (χ2n) is 8.62. The highest BCUT2D eigenvalue weighted by atomic mass is 16.5. The van der Waals surface area contributed by atoms with Crippen molar-refractivity contribution >= 4 is 5.91 Å². The van der Waals surface area contributed by atoms with Crippen LogP contribution in [0.3, 0.4) is 0 Å². The number of ether oxygens (including phenoxy) is 2. The molecule has 162 valence electrons. The van der Waals surface area contributed by atoms with E-state index in [0.29, 0.717) is 5.92 Å². The molecule has 0 radical (unpaired) electrons. The maximum absolute atomic E-state index is 12.8. The van der Waals surface area contributed by atoms with Gasteiger partial charge in [0.2, 0.25) is 5.91 Å². The fraction of sp³-hybridized carbons (Fsp3) is 0.609. The molecule has 1 aromatic carbocycles. The molecule has 1 aromatic heterocycles. The molecule has 1 saturated carbocycles. The normalized spacial score (nSPS) is 22.0. The summed E-state index contributed by atoms with van der Waals surface area (Å²) >= 11 is 0. The highest BCUT2D eigenvalue weighted by Crippen LogP contribution is 2.45. The van der Waals surface area contributed by atoms with Gasteiger partial charge in [0.15, 0.2) is 11.6 Å². The van der Waals surface area contributed by atoms with Crippen LogP contribution < -0.4 is 4.74 Å². The third kappa shape index (κ3) is 4.21. The Bertz CT molecular complexity index is 873. The number of carbonyl (C=O) groups excluding carboxylic acids is 1. The minimum Gasteiger partial charge on any atom is -0.497 e. The summed E-state index contributed by atoms with van der Waals surface area (Å²) in [7, 11) is 1.66. The quantitative estimate of drug-likeness (QED) is 0.661. The van der Waals surface area contributed by atoms with Crippen LogP contribution in [0.15, 0.2) is 24.3 Å². The molecule has 7 nitrogen and oxygen atoms in total. The topological polar surface area (TPSA) is 69.5 Å². The van der Waals surface area contributed by atoms with Gasteiger partial charge in [-0.25, -0.2) is 9.67 Å². The van der Waals surface area contributed by atoms with Gasteiger partial charge in [-0.3, -0.25) is 4.79 Å². The van der Waals surface area contributed by atoms with Gasteiger partial charge in [0, 0.05) is 19.0 Å². The van der Waals surface area contributed by atoms with Gasteiger partial charge >= 0.3 is 0 Å². The molecule has 4 rings (SSSR count). The Morgan fingerprint density at radius 2 is 1.97 bits per heavy atom. The Morgan fingerprint density at radius 3 is 2.57 bits per heavy atom. The molecule has 2 heterocycles. The van der Waals surface area contributed by atoms with Crippen molar-refractivity contribution < 1.29 is 14.3 Å². The van der Waals surface area contributed by atoms with E-state index in [4.69, 9.17) is 19.6 Å². The van der Waals surface area contributed by atoms with Crippen molar-refractivity contribution in [1.29, 1.82) is 0 Å². The molecule has 0 N–H and O–H groups in total. The number of hydrogen-bond donors (Lipinski definition) is 0. The first-order valence-corrected chi connectivity index (χ1v) is 11.0. The van der Waals surface area contributed by atoms with E-state index in [1.165, 1.54) is 0 Å². The smallest absolute Gasteiger partial charge is 0.249 e. The number of hydrogen-bond acceptors (Lipinski definition) is 5. The molecule has 0 spiro atoms. The van der Waals surface area contributed by atoms with Gasteiger partial charge in [-0.15, -0.1) is 0 Å². The second kappa shape index (κ2) is 8.76. The largest absolute Gasteiger partial charge is 0.497 e. The first-order chi connectivity index (χ1) is 14.5. The lowest BCUT2D eigenvalue weighted by Gasteiger charge is -2.41. The molecule has 2 aromatic rings. The van der Waals surface area contributed by atoms with Crippen molar-refractivity contribution in [3.8, 4) is 5.75 Å². The zero-order valence-electron chi connectivity index (χ0n) is 18.4. The van der Waals surface area contributed by atoms with Crippen molar-refractivity contribution in [3.05, 3.63) is 41.5 Å². The van der Waals surface area contributed by atoms with Gasteiger partial charge in [0.25, 0.3) is 0 Å². The molecule has 2 fully saturated rings. The van der Waals surface area contributed by atoms with Gasteiger partial charge in [-0.2, -0.15) is 5.10 Å². The van der Waals surface area contributed by atoms with Crippen LogP contribution in [-0.4, -0.2) is 45.3 Å². The lowest BCUT2D eigenvalue weighted by atomic mass is 9.96. The van der Waals surface area contributed by atoms with Crippen molar-refractivity contribution in [2.75, 3.05) is 13.7 Å². The van der Waals surface area contributed by atoms with Gasteiger partial charge in [0.05, 0.1) is 13.2 Å². The average Bonchev–Trinajstić information content (AvgIpc) is 3.50. The van der Waals surface area contributed by atoms with Crippen LogP contribution in [0.2, 0.25) is 0 Å². The Kier molecular flexibility index (Phi) is 6.09. The van der Waals surface area contributed by atoms with Crippen LogP contribution in [0.1, 0.15) is 69.4 Å². The number of morpholine rings is 1.